The lowest BCUT2D eigenvalue weighted by molar-refractivity contribution is -0.126. The maximum Gasteiger partial charge on any atom is 0.256 e. The van der Waals surface area contributed by atoms with Crippen LogP contribution >= 0.6 is 0 Å². The Morgan fingerprint density at radius 2 is 2.08 bits per heavy atom. The fourth-order valence-electron chi connectivity index (χ4n) is 3.52. The van der Waals surface area contributed by atoms with Crippen LogP contribution in [0.25, 0.3) is 10.9 Å². The highest BCUT2D eigenvalue weighted by atomic mass is 16.2. The summed E-state index contributed by atoms with van der Waals surface area (Å²) in [5.74, 6) is 0.727. The average molecular weight is 325 g/mol. The molecule has 2 heterocycles. The molecule has 24 heavy (non-hydrogen) atoms. The Bertz CT molecular complexity index is 763. The number of rotatable bonds is 4. The van der Waals surface area contributed by atoms with Crippen molar-refractivity contribution in [1.82, 2.24) is 15.2 Å². The number of H-pyrrole nitrogens is 1. The van der Waals surface area contributed by atoms with Crippen LogP contribution in [0.15, 0.2) is 30.5 Å². The summed E-state index contributed by atoms with van der Waals surface area (Å²) in [6.07, 6.45) is 6.07. The summed E-state index contributed by atoms with van der Waals surface area (Å²) in [4.78, 5) is 30.3. The summed E-state index contributed by atoms with van der Waals surface area (Å²) >= 11 is 0. The molecule has 1 atom stereocenters. The maximum atomic E-state index is 12.9. The van der Waals surface area contributed by atoms with Crippen LogP contribution in [0.4, 0.5) is 0 Å². The summed E-state index contributed by atoms with van der Waals surface area (Å²) in [6.45, 7) is 2.04. The largest absolute Gasteiger partial charge is 0.361 e. The van der Waals surface area contributed by atoms with Crippen LogP contribution in [0.1, 0.15) is 36.0 Å². The quantitative estimate of drug-likeness (QED) is 0.907. The Hall–Kier alpha value is -2.30. The monoisotopic (exact) mass is 325 g/mol. The molecule has 5 heteroatoms. The first-order valence-corrected chi connectivity index (χ1v) is 8.85. The van der Waals surface area contributed by atoms with Gasteiger partial charge in [-0.15, -0.1) is 0 Å². The number of nitrogens with one attached hydrogen (secondary N) is 2. The molecular weight excluding hydrogens is 302 g/mol. The second kappa shape index (κ2) is 6.30. The van der Waals surface area contributed by atoms with Crippen LogP contribution in [0.3, 0.4) is 0 Å². The van der Waals surface area contributed by atoms with Crippen molar-refractivity contribution in [2.75, 3.05) is 19.6 Å². The van der Waals surface area contributed by atoms with Gasteiger partial charge in [0.05, 0.1) is 17.0 Å². The molecular formula is C19H23N3O2. The van der Waals surface area contributed by atoms with Crippen molar-refractivity contribution < 1.29 is 9.59 Å². The van der Waals surface area contributed by atoms with E-state index in [4.69, 9.17) is 0 Å². The van der Waals surface area contributed by atoms with Crippen LogP contribution in [0.5, 0.6) is 0 Å². The van der Waals surface area contributed by atoms with Gasteiger partial charge in [-0.2, -0.15) is 0 Å². The van der Waals surface area contributed by atoms with E-state index in [9.17, 15) is 9.59 Å². The third-order valence-electron chi connectivity index (χ3n) is 5.16. The van der Waals surface area contributed by atoms with Gasteiger partial charge in [0.1, 0.15) is 0 Å². The highest BCUT2D eigenvalue weighted by Gasteiger charge is 2.30. The number of benzene rings is 1. The molecule has 2 N–H and O–H groups in total. The molecule has 1 aromatic carbocycles. The van der Waals surface area contributed by atoms with Gasteiger partial charge in [0, 0.05) is 31.2 Å². The zero-order valence-corrected chi connectivity index (χ0v) is 13.8. The minimum atomic E-state index is -0.0794. The molecule has 2 amide bonds. The molecule has 2 fully saturated rings. The lowest BCUT2D eigenvalue weighted by Gasteiger charge is -2.32. The Morgan fingerprint density at radius 1 is 1.21 bits per heavy atom. The lowest BCUT2D eigenvalue weighted by atomic mass is 9.96. The molecule has 0 bridgehead atoms. The standard InChI is InChI=1S/C19H23N3O2/c23-18(21-11-13-6-7-13)15-4-2-10-22(12-15)19(24)16-5-1-3-14-8-9-20-17(14)16/h1,3,5,8-9,13,15,20H,2,4,6-7,10-12H2,(H,21,23). The van der Waals surface area contributed by atoms with Crippen molar-refractivity contribution in [3.63, 3.8) is 0 Å². The van der Waals surface area contributed by atoms with Crippen molar-refractivity contribution in [2.45, 2.75) is 25.7 Å². The van der Waals surface area contributed by atoms with E-state index in [1.54, 1.807) is 0 Å². The highest BCUT2D eigenvalue weighted by Crippen LogP contribution is 2.28. The molecule has 5 nitrogen and oxygen atoms in total. The average Bonchev–Trinajstić information content (AvgIpc) is 3.33. The van der Waals surface area contributed by atoms with Crippen molar-refractivity contribution in [2.24, 2.45) is 11.8 Å². The molecule has 4 rings (SSSR count). The SMILES string of the molecule is O=C(NCC1CC1)C1CCCN(C(=O)c2cccc3cc[nH]c23)C1. The predicted octanol–water partition coefficient (Wildman–Crippen LogP) is 2.55. The number of nitrogens with zero attached hydrogens (tertiary/aromatic N) is 1. The molecule has 1 aliphatic heterocycles. The van der Waals surface area contributed by atoms with Crippen molar-refractivity contribution >= 4 is 22.7 Å². The number of fused-ring (bicyclic) bond motifs is 1. The number of carbonyl (C=O) groups is 2. The summed E-state index contributed by atoms with van der Waals surface area (Å²) < 4.78 is 0. The summed E-state index contributed by atoms with van der Waals surface area (Å²) in [5, 5.41) is 4.09. The number of aromatic nitrogens is 1. The molecule has 2 aliphatic rings. The van der Waals surface area contributed by atoms with Gasteiger partial charge in [-0.25, -0.2) is 0 Å². The van der Waals surface area contributed by atoms with E-state index >= 15 is 0 Å². The van der Waals surface area contributed by atoms with Crippen LogP contribution in [0, 0.1) is 11.8 Å². The van der Waals surface area contributed by atoms with E-state index in [0.717, 1.165) is 36.8 Å². The van der Waals surface area contributed by atoms with E-state index in [2.05, 4.69) is 10.3 Å². The van der Waals surface area contributed by atoms with E-state index in [0.29, 0.717) is 18.0 Å². The second-order valence-electron chi connectivity index (χ2n) is 7.03. The van der Waals surface area contributed by atoms with Gasteiger partial charge in [-0.05, 0) is 43.7 Å². The topological polar surface area (TPSA) is 65.2 Å². The van der Waals surface area contributed by atoms with Gasteiger partial charge in [-0.3, -0.25) is 9.59 Å². The molecule has 1 saturated carbocycles. The lowest BCUT2D eigenvalue weighted by Crippen LogP contribution is -2.45. The number of carbonyl (C=O) groups excluding carboxylic acids is 2. The Balaban J connectivity index is 1.46. The second-order valence-corrected chi connectivity index (χ2v) is 7.03. The third kappa shape index (κ3) is 3.03. The first-order valence-electron chi connectivity index (χ1n) is 8.85. The number of aromatic amines is 1. The van der Waals surface area contributed by atoms with Gasteiger partial charge < -0.3 is 15.2 Å². The van der Waals surface area contributed by atoms with Crippen LogP contribution in [-0.4, -0.2) is 41.3 Å². The number of hydrogen-bond acceptors (Lipinski definition) is 2. The number of piperidine rings is 1. The van der Waals surface area contributed by atoms with Gasteiger partial charge in [0.2, 0.25) is 5.91 Å². The molecule has 2 aromatic rings. The van der Waals surface area contributed by atoms with Gasteiger partial charge in [-0.1, -0.05) is 12.1 Å². The molecule has 0 radical (unpaired) electrons. The van der Waals surface area contributed by atoms with E-state index < -0.39 is 0 Å². The minimum absolute atomic E-state index is 0.0164. The Kier molecular flexibility index (Phi) is 4.00. The Morgan fingerprint density at radius 3 is 2.92 bits per heavy atom. The van der Waals surface area contributed by atoms with E-state index in [-0.39, 0.29) is 17.7 Å². The summed E-state index contributed by atoms with van der Waals surface area (Å²) in [7, 11) is 0. The molecule has 126 valence electrons. The Labute approximate surface area is 141 Å². The van der Waals surface area contributed by atoms with Crippen LogP contribution in [-0.2, 0) is 4.79 Å². The molecule has 1 aliphatic carbocycles. The zero-order chi connectivity index (χ0) is 16.5. The van der Waals surface area contributed by atoms with Crippen molar-refractivity contribution in [1.29, 1.82) is 0 Å². The van der Waals surface area contributed by atoms with E-state index in [1.165, 1.54) is 12.8 Å². The van der Waals surface area contributed by atoms with Gasteiger partial charge >= 0.3 is 0 Å². The first-order chi connectivity index (χ1) is 11.7. The predicted molar refractivity (Wildman–Crippen MR) is 92.7 cm³/mol. The fourth-order valence-corrected chi connectivity index (χ4v) is 3.52. The third-order valence-corrected chi connectivity index (χ3v) is 5.16. The van der Waals surface area contributed by atoms with Crippen molar-refractivity contribution in [3.05, 3.63) is 36.0 Å². The molecule has 0 spiro atoms. The highest BCUT2D eigenvalue weighted by molar-refractivity contribution is 6.05. The van der Waals surface area contributed by atoms with Crippen LogP contribution < -0.4 is 5.32 Å². The minimum Gasteiger partial charge on any atom is -0.361 e. The summed E-state index contributed by atoms with van der Waals surface area (Å²) in [5.41, 5.74) is 1.57. The first kappa shape index (κ1) is 15.2. The smallest absolute Gasteiger partial charge is 0.256 e. The number of likely N-dealkylation sites (tertiary alicyclic amines) is 1. The van der Waals surface area contributed by atoms with E-state index in [1.807, 2.05) is 35.4 Å². The van der Waals surface area contributed by atoms with Gasteiger partial charge in [0.15, 0.2) is 0 Å². The van der Waals surface area contributed by atoms with Crippen molar-refractivity contribution in [3.8, 4) is 0 Å². The maximum absolute atomic E-state index is 12.9. The molecule has 1 aromatic heterocycles. The molecule has 1 unspecified atom stereocenters. The van der Waals surface area contributed by atoms with Gasteiger partial charge in [0.25, 0.3) is 5.91 Å². The zero-order valence-electron chi connectivity index (χ0n) is 13.8. The number of amides is 2. The number of para-hydroxylation sites is 1. The number of hydrogen-bond donors (Lipinski definition) is 2. The fraction of sp³-hybridized carbons (Fsp3) is 0.474. The van der Waals surface area contributed by atoms with Crippen LogP contribution in [0.2, 0.25) is 0 Å². The normalized spacial score (nSPS) is 21.0. The summed E-state index contributed by atoms with van der Waals surface area (Å²) in [6, 6.07) is 7.73. The molecule has 1 saturated heterocycles.